The van der Waals surface area contributed by atoms with Crippen LogP contribution in [0.1, 0.15) is 24.8 Å². The van der Waals surface area contributed by atoms with Gasteiger partial charge in [0.05, 0.1) is 23.3 Å². The third-order valence-electron chi connectivity index (χ3n) is 4.80. The highest BCUT2D eigenvalue weighted by molar-refractivity contribution is 6.32. The molecule has 27 heavy (non-hydrogen) atoms. The molecule has 150 valence electrons. The number of anilines is 1. The van der Waals surface area contributed by atoms with Crippen molar-refractivity contribution in [3.8, 4) is 0 Å². The van der Waals surface area contributed by atoms with E-state index in [-0.39, 0.29) is 35.8 Å². The Kier molecular flexibility index (Phi) is 6.44. The minimum Gasteiger partial charge on any atom is -0.373 e. The Balaban J connectivity index is 1.37. The van der Waals surface area contributed by atoms with Crippen molar-refractivity contribution in [1.82, 2.24) is 15.2 Å². The number of rotatable bonds is 6. The second kappa shape index (κ2) is 8.62. The van der Waals surface area contributed by atoms with Gasteiger partial charge in [-0.3, -0.25) is 9.69 Å². The Labute approximate surface area is 160 Å². The molecule has 0 spiro atoms. The van der Waals surface area contributed by atoms with Gasteiger partial charge in [0.25, 0.3) is 0 Å². The van der Waals surface area contributed by atoms with Crippen LogP contribution >= 0.6 is 11.6 Å². The smallest absolute Gasteiger partial charge is 0.373 e. The molecule has 0 bridgehead atoms. The van der Waals surface area contributed by atoms with Gasteiger partial charge in [0.15, 0.2) is 0 Å². The number of amides is 1. The van der Waals surface area contributed by atoms with E-state index in [4.69, 9.17) is 16.3 Å². The summed E-state index contributed by atoms with van der Waals surface area (Å²) in [6.45, 7) is 3.28. The number of ether oxygens (including phenoxy) is 1. The molecule has 2 unspecified atom stereocenters. The fourth-order valence-corrected chi connectivity index (χ4v) is 3.58. The Bertz CT molecular complexity index is 674. The van der Waals surface area contributed by atoms with Crippen LogP contribution in [0.2, 0.25) is 5.02 Å². The largest absolute Gasteiger partial charge is 0.417 e. The van der Waals surface area contributed by atoms with Gasteiger partial charge in [0.1, 0.15) is 5.82 Å². The third-order valence-corrected chi connectivity index (χ3v) is 5.09. The molecule has 0 aromatic carbocycles. The highest BCUT2D eigenvalue weighted by Gasteiger charge is 2.32. The Morgan fingerprint density at radius 3 is 3.00 bits per heavy atom. The molecule has 2 aliphatic heterocycles. The van der Waals surface area contributed by atoms with E-state index in [1.807, 2.05) is 0 Å². The molecular formula is C17H22ClF3N4O2. The highest BCUT2D eigenvalue weighted by atomic mass is 35.5. The molecule has 1 aromatic rings. The molecule has 2 atom stereocenters. The van der Waals surface area contributed by atoms with Crippen molar-refractivity contribution in [1.29, 1.82) is 0 Å². The number of carbonyl (C=O) groups is 1. The van der Waals surface area contributed by atoms with Crippen LogP contribution in [-0.2, 0) is 15.7 Å². The van der Waals surface area contributed by atoms with E-state index in [9.17, 15) is 18.0 Å². The van der Waals surface area contributed by atoms with E-state index in [0.29, 0.717) is 25.4 Å². The lowest BCUT2D eigenvalue weighted by molar-refractivity contribution is -0.137. The zero-order chi connectivity index (χ0) is 19.4. The lowest BCUT2D eigenvalue weighted by Gasteiger charge is -2.35. The molecule has 1 amide bonds. The average Bonchev–Trinajstić information content (AvgIpc) is 3.08. The van der Waals surface area contributed by atoms with E-state index < -0.39 is 11.7 Å². The third kappa shape index (κ3) is 5.46. The van der Waals surface area contributed by atoms with Crippen molar-refractivity contribution in [3.05, 3.63) is 22.8 Å². The maximum atomic E-state index is 12.6. The Morgan fingerprint density at radius 2 is 2.26 bits per heavy atom. The van der Waals surface area contributed by atoms with Crippen LogP contribution in [0.3, 0.4) is 0 Å². The van der Waals surface area contributed by atoms with Gasteiger partial charge in [0.2, 0.25) is 5.91 Å². The number of carbonyl (C=O) groups excluding carboxylic acids is 1. The van der Waals surface area contributed by atoms with E-state index in [1.54, 1.807) is 0 Å². The number of morpholine rings is 1. The second-order valence-electron chi connectivity index (χ2n) is 6.78. The van der Waals surface area contributed by atoms with Gasteiger partial charge in [0, 0.05) is 38.3 Å². The lowest BCUT2D eigenvalue weighted by Crippen LogP contribution is -2.50. The number of hydrogen-bond donors (Lipinski definition) is 2. The zero-order valence-electron chi connectivity index (χ0n) is 14.7. The van der Waals surface area contributed by atoms with Crippen LogP contribution in [0, 0.1) is 0 Å². The van der Waals surface area contributed by atoms with E-state index in [0.717, 1.165) is 19.2 Å². The van der Waals surface area contributed by atoms with Crippen LogP contribution in [0.15, 0.2) is 12.3 Å². The molecule has 2 fully saturated rings. The van der Waals surface area contributed by atoms with E-state index >= 15 is 0 Å². The summed E-state index contributed by atoms with van der Waals surface area (Å²) in [5.74, 6) is -0.0502. The van der Waals surface area contributed by atoms with Crippen LogP contribution in [0.25, 0.3) is 0 Å². The number of hydrogen-bond acceptors (Lipinski definition) is 5. The van der Waals surface area contributed by atoms with Gasteiger partial charge in [-0.05, 0) is 25.5 Å². The maximum Gasteiger partial charge on any atom is 0.417 e. The molecule has 2 N–H and O–H groups in total. The molecule has 2 saturated heterocycles. The summed E-state index contributed by atoms with van der Waals surface area (Å²) in [7, 11) is 0. The second-order valence-corrected chi connectivity index (χ2v) is 7.19. The normalized spacial score (nSPS) is 23.1. The summed E-state index contributed by atoms with van der Waals surface area (Å²) in [5.41, 5.74) is -0.913. The van der Waals surface area contributed by atoms with E-state index in [2.05, 4.69) is 20.5 Å². The first-order valence-electron chi connectivity index (χ1n) is 8.92. The molecule has 3 heterocycles. The van der Waals surface area contributed by atoms with Gasteiger partial charge in [-0.15, -0.1) is 0 Å². The molecule has 2 aliphatic rings. The van der Waals surface area contributed by atoms with Crippen molar-refractivity contribution < 1.29 is 22.7 Å². The predicted octanol–water partition coefficient (Wildman–Crippen LogP) is 2.54. The molecule has 3 rings (SSSR count). The number of aromatic nitrogens is 1. The zero-order valence-corrected chi connectivity index (χ0v) is 15.4. The Hall–Kier alpha value is -1.58. The quantitative estimate of drug-likeness (QED) is 0.760. The Morgan fingerprint density at radius 1 is 1.44 bits per heavy atom. The first kappa shape index (κ1) is 20.2. The summed E-state index contributed by atoms with van der Waals surface area (Å²) in [6, 6.07) is 1.32. The van der Waals surface area contributed by atoms with Crippen LogP contribution in [-0.4, -0.2) is 60.7 Å². The minimum atomic E-state index is -4.49. The number of alkyl halides is 3. The fraction of sp³-hybridized carbons (Fsp3) is 0.647. The van der Waals surface area contributed by atoms with Crippen molar-refractivity contribution in [2.45, 2.75) is 37.6 Å². The lowest BCUT2D eigenvalue weighted by atomic mass is 10.2. The van der Waals surface area contributed by atoms with Crippen LogP contribution in [0.4, 0.5) is 19.0 Å². The van der Waals surface area contributed by atoms with E-state index in [1.165, 1.54) is 12.8 Å². The number of fused-ring (bicyclic) bond motifs is 1. The van der Waals surface area contributed by atoms with Crippen molar-refractivity contribution >= 4 is 23.3 Å². The average molecular weight is 407 g/mol. The summed E-state index contributed by atoms with van der Waals surface area (Å²) < 4.78 is 43.5. The maximum absolute atomic E-state index is 12.6. The SMILES string of the molecule is O=C(CCNc1ncc(C(F)(F)F)cc1Cl)NCC1CN2CCCC2CO1. The van der Waals surface area contributed by atoms with Gasteiger partial charge < -0.3 is 15.4 Å². The fourth-order valence-electron chi connectivity index (χ4n) is 3.34. The van der Waals surface area contributed by atoms with Gasteiger partial charge in [-0.1, -0.05) is 11.6 Å². The summed E-state index contributed by atoms with van der Waals surface area (Å²) in [4.78, 5) is 18.0. The van der Waals surface area contributed by atoms with Crippen LogP contribution < -0.4 is 10.6 Å². The van der Waals surface area contributed by atoms with Crippen LogP contribution in [0.5, 0.6) is 0 Å². The molecule has 0 saturated carbocycles. The molecule has 0 aliphatic carbocycles. The summed E-state index contributed by atoms with van der Waals surface area (Å²) in [5, 5.41) is 5.47. The molecular weight excluding hydrogens is 385 g/mol. The standard InChI is InChI=1S/C17H22ClF3N4O2/c18-14-6-11(17(19,20)21)7-24-16(14)22-4-3-15(26)23-8-13-9-25-5-1-2-12(25)10-27-13/h6-7,12-13H,1-5,8-10H2,(H,22,24)(H,23,26). The van der Waals surface area contributed by atoms with Crippen molar-refractivity contribution in [3.63, 3.8) is 0 Å². The minimum absolute atomic E-state index is 0.0118. The summed E-state index contributed by atoms with van der Waals surface area (Å²) in [6.07, 6.45) is -1.28. The van der Waals surface area contributed by atoms with Crippen molar-refractivity contribution in [2.75, 3.05) is 38.1 Å². The molecule has 10 heteroatoms. The monoisotopic (exact) mass is 406 g/mol. The van der Waals surface area contributed by atoms with Gasteiger partial charge in [-0.2, -0.15) is 13.2 Å². The number of pyridine rings is 1. The first-order chi connectivity index (χ1) is 12.8. The van der Waals surface area contributed by atoms with Gasteiger partial charge in [-0.25, -0.2) is 4.98 Å². The molecule has 0 radical (unpaired) electrons. The first-order valence-corrected chi connectivity index (χ1v) is 9.29. The number of nitrogens with one attached hydrogen (secondary N) is 2. The summed E-state index contributed by atoms with van der Waals surface area (Å²) >= 11 is 5.81. The molecule has 1 aromatic heterocycles. The van der Waals surface area contributed by atoms with Crippen molar-refractivity contribution in [2.24, 2.45) is 0 Å². The number of nitrogens with zero attached hydrogens (tertiary/aromatic N) is 2. The topological polar surface area (TPSA) is 66.5 Å². The number of halogens is 4. The van der Waals surface area contributed by atoms with Gasteiger partial charge >= 0.3 is 6.18 Å². The predicted molar refractivity (Wildman–Crippen MR) is 94.7 cm³/mol. The molecule has 6 nitrogen and oxygen atoms in total. The highest BCUT2D eigenvalue weighted by Crippen LogP contribution is 2.32.